The van der Waals surface area contributed by atoms with Gasteiger partial charge in [0.15, 0.2) is 0 Å². The van der Waals surface area contributed by atoms with Gasteiger partial charge in [0.05, 0.1) is 5.92 Å². The lowest BCUT2D eigenvalue weighted by Gasteiger charge is -2.30. The van der Waals surface area contributed by atoms with Crippen LogP contribution in [0.25, 0.3) is 0 Å². The maximum absolute atomic E-state index is 11.0. The number of nitrogen functional groups attached to an aromatic ring is 1. The van der Waals surface area contributed by atoms with Crippen LogP contribution in [-0.4, -0.2) is 34.9 Å². The first kappa shape index (κ1) is 16.5. The molecule has 0 bridgehead atoms. The van der Waals surface area contributed by atoms with Gasteiger partial charge in [0.1, 0.15) is 5.84 Å². The summed E-state index contributed by atoms with van der Waals surface area (Å²) in [6.07, 6.45) is 1.68. The quantitative estimate of drug-likeness (QED) is 0.583. The van der Waals surface area contributed by atoms with Gasteiger partial charge in [0.25, 0.3) is 0 Å². The molecule has 1 atom stereocenters. The normalized spacial score (nSPS) is 19.1. The van der Waals surface area contributed by atoms with Gasteiger partial charge in [-0.2, -0.15) is 0 Å². The van der Waals surface area contributed by atoms with Crippen molar-refractivity contribution >= 4 is 24.2 Å². The molecule has 1 aromatic rings. The van der Waals surface area contributed by atoms with Gasteiger partial charge in [0, 0.05) is 18.7 Å². The zero-order valence-corrected chi connectivity index (χ0v) is 12.0. The van der Waals surface area contributed by atoms with Crippen molar-refractivity contribution in [2.24, 2.45) is 11.7 Å². The van der Waals surface area contributed by atoms with Crippen LogP contribution < -0.4 is 5.73 Å². The van der Waals surface area contributed by atoms with Gasteiger partial charge in [-0.25, -0.2) is 0 Å². The first-order valence-electron chi connectivity index (χ1n) is 6.45. The summed E-state index contributed by atoms with van der Waals surface area (Å²) in [5, 5.41) is 16.5. The molecule has 0 radical (unpaired) electrons. The number of carboxylic acid groups (broad SMARTS) is 1. The molecule has 1 aromatic carbocycles. The van der Waals surface area contributed by atoms with Crippen molar-refractivity contribution in [3.05, 3.63) is 35.4 Å². The van der Waals surface area contributed by atoms with Crippen molar-refractivity contribution in [1.29, 1.82) is 5.41 Å². The predicted octanol–water partition coefficient (Wildman–Crippen LogP) is 1.69. The summed E-state index contributed by atoms with van der Waals surface area (Å²) in [6.45, 7) is 2.23. The molecule has 1 fully saturated rings. The second kappa shape index (κ2) is 7.26. The first-order valence-corrected chi connectivity index (χ1v) is 6.45. The van der Waals surface area contributed by atoms with Gasteiger partial charge in [-0.05, 0) is 31.0 Å². The van der Waals surface area contributed by atoms with E-state index in [1.165, 1.54) is 0 Å². The number of amidine groups is 1. The molecule has 0 aliphatic carbocycles. The largest absolute Gasteiger partial charge is 0.481 e. The highest BCUT2D eigenvalue weighted by atomic mass is 35.5. The van der Waals surface area contributed by atoms with Gasteiger partial charge in [-0.15, -0.1) is 12.4 Å². The number of aliphatic carboxylic acids is 1. The van der Waals surface area contributed by atoms with Crippen LogP contribution in [0.2, 0.25) is 0 Å². The summed E-state index contributed by atoms with van der Waals surface area (Å²) in [4.78, 5) is 13.2. The van der Waals surface area contributed by atoms with Crippen LogP contribution in [0.15, 0.2) is 24.3 Å². The van der Waals surface area contributed by atoms with Crippen LogP contribution in [-0.2, 0) is 11.3 Å². The average molecular weight is 298 g/mol. The Balaban J connectivity index is 0.00000200. The third-order valence-corrected chi connectivity index (χ3v) is 3.50. The Morgan fingerprint density at radius 1 is 1.50 bits per heavy atom. The second-order valence-electron chi connectivity index (χ2n) is 5.03. The number of nitrogens with one attached hydrogen (secondary N) is 1. The van der Waals surface area contributed by atoms with E-state index in [1.807, 2.05) is 24.3 Å². The standard InChI is InChI=1S/C14H19N3O2.ClH/c15-13(16)11-4-1-3-10(7-11)8-17-6-2-5-12(9-17)14(18)19;/h1,3-4,7,12H,2,5-6,8-9H2,(H3,15,16)(H,18,19);1H. The van der Waals surface area contributed by atoms with Gasteiger partial charge >= 0.3 is 5.97 Å². The number of benzene rings is 1. The van der Waals surface area contributed by atoms with Crippen LogP contribution in [0.4, 0.5) is 0 Å². The lowest BCUT2D eigenvalue weighted by atomic mass is 9.97. The number of hydrogen-bond acceptors (Lipinski definition) is 3. The SMILES string of the molecule is Cl.N=C(N)c1cccc(CN2CCCC(C(=O)O)C2)c1. The van der Waals surface area contributed by atoms with E-state index in [9.17, 15) is 4.79 Å². The Bertz CT molecular complexity index is 493. The molecule has 2 rings (SSSR count). The maximum atomic E-state index is 11.0. The van der Waals surface area contributed by atoms with E-state index in [0.717, 1.165) is 24.9 Å². The van der Waals surface area contributed by atoms with E-state index < -0.39 is 5.97 Å². The van der Waals surface area contributed by atoms with E-state index in [1.54, 1.807) is 0 Å². The average Bonchev–Trinajstić information content (AvgIpc) is 2.39. The molecule has 5 nitrogen and oxygen atoms in total. The molecule has 1 aliphatic rings. The number of hydrogen-bond donors (Lipinski definition) is 3. The van der Waals surface area contributed by atoms with E-state index in [4.69, 9.17) is 16.2 Å². The molecule has 0 aromatic heterocycles. The molecule has 0 amide bonds. The molecule has 4 N–H and O–H groups in total. The summed E-state index contributed by atoms with van der Waals surface area (Å²) in [5.74, 6) is -0.907. The van der Waals surface area contributed by atoms with Gasteiger partial charge in [0.2, 0.25) is 0 Å². The molecule has 0 spiro atoms. The zero-order valence-electron chi connectivity index (χ0n) is 11.2. The summed E-state index contributed by atoms with van der Waals surface area (Å²) < 4.78 is 0. The molecule has 1 heterocycles. The Morgan fingerprint density at radius 2 is 2.25 bits per heavy atom. The minimum absolute atomic E-state index is 0. The van der Waals surface area contributed by atoms with Crippen LogP contribution in [0, 0.1) is 11.3 Å². The Hall–Kier alpha value is -1.59. The zero-order chi connectivity index (χ0) is 13.8. The maximum Gasteiger partial charge on any atom is 0.307 e. The summed E-state index contributed by atoms with van der Waals surface area (Å²) in [5.41, 5.74) is 7.25. The second-order valence-corrected chi connectivity index (χ2v) is 5.03. The van der Waals surface area contributed by atoms with Crippen molar-refractivity contribution in [1.82, 2.24) is 4.90 Å². The molecule has 1 saturated heterocycles. The predicted molar refractivity (Wildman–Crippen MR) is 80.3 cm³/mol. The van der Waals surface area contributed by atoms with Crippen molar-refractivity contribution in [3.8, 4) is 0 Å². The summed E-state index contributed by atoms with van der Waals surface area (Å²) >= 11 is 0. The molecule has 20 heavy (non-hydrogen) atoms. The van der Waals surface area contributed by atoms with Crippen LogP contribution in [0.1, 0.15) is 24.0 Å². The smallest absolute Gasteiger partial charge is 0.307 e. The minimum Gasteiger partial charge on any atom is -0.481 e. The highest BCUT2D eigenvalue weighted by Crippen LogP contribution is 2.19. The van der Waals surface area contributed by atoms with Gasteiger partial charge in [-0.1, -0.05) is 18.2 Å². The molecular weight excluding hydrogens is 278 g/mol. The molecule has 1 aliphatic heterocycles. The highest BCUT2D eigenvalue weighted by Gasteiger charge is 2.25. The monoisotopic (exact) mass is 297 g/mol. The van der Waals surface area contributed by atoms with E-state index >= 15 is 0 Å². The fourth-order valence-corrected chi connectivity index (χ4v) is 2.50. The van der Waals surface area contributed by atoms with Gasteiger partial charge in [-0.3, -0.25) is 15.1 Å². The van der Waals surface area contributed by atoms with E-state index in [0.29, 0.717) is 18.7 Å². The Kier molecular flexibility index (Phi) is 5.98. The molecule has 110 valence electrons. The van der Waals surface area contributed by atoms with Crippen LogP contribution >= 0.6 is 12.4 Å². The first-order chi connectivity index (χ1) is 9.06. The Labute approximate surface area is 124 Å². The Morgan fingerprint density at radius 3 is 2.90 bits per heavy atom. The fourth-order valence-electron chi connectivity index (χ4n) is 2.50. The topological polar surface area (TPSA) is 90.4 Å². The number of carboxylic acids is 1. The van der Waals surface area contributed by atoms with Crippen molar-refractivity contribution < 1.29 is 9.90 Å². The van der Waals surface area contributed by atoms with Crippen LogP contribution in [0.5, 0.6) is 0 Å². The molecular formula is C14H20ClN3O2. The van der Waals surface area contributed by atoms with Crippen LogP contribution in [0.3, 0.4) is 0 Å². The number of piperidine rings is 1. The van der Waals surface area contributed by atoms with Crippen molar-refractivity contribution in [2.45, 2.75) is 19.4 Å². The minimum atomic E-state index is -0.706. The molecule has 0 saturated carbocycles. The van der Waals surface area contributed by atoms with E-state index in [2.05, 4.69) is 4.90 Å². The summed E-state index contributed by atoms with van der Waals surface area (Å²) in [6, 6.07) is 7.57. The molecule has 6 heteroatoms. The number of nitrogens with two attached hydrogens (primary N) is 1. The number of halogens is 1. The number of nitrogens with zero attached hydrogens (tertiary/aromatic N) is 1. The van der Waals surface area contributed by atoms with Crippen molar-refractivity contribution in [2.75, 3.05) is 13.1 Å². The highest BCUT2D eigenvalue weighted by molar-refractivity contribution is 5.95. The number of rotatable bonds is 4. The number of likely N-dealkylation sites (tertiary alicyclic amines) is 1. The van der Waals surface area contributed by atoms with Crippen molar-refractivity contribution in [3.63, 3.8) is 0 Å². The lowest BCUT2D eigenvalue weighted by molar-refractivity contribution is -0.143. The third kappa shape index (κ3) is 4.21. The molecule has 1 unspecified atom stereocenters. The summed E-state index contributed by atoms with van der Waals surface area (Å²) in [7, 11) is 0. The number of carbonyl (C=O) groups is 1. The fraction of sp³-hybridized carbons (Fsp3) is 0.429. The van der Waals surface area contributed by atoms with E-state index in [-0.39, 0.29) is 24.2 Å². The lowest BCUT2D eigenvalue weighted by Crippen LogP contribution is -2.38. The van der Waals surface area contributed by atoms with Gasteiger partial charge < -0.3 is 10.8 Å². The third-order valence-electron chi connectivity index (χ3n) is 3.50.